The lowest BCUT2D eigenvalue weighted by Crippen LogP contribution is -2.35. The molecule has 1 aliphatic rings. The highest BCUT2D eigenvalue weighted by Crippen LogP contribution is 2.21. The lowest BCUT2D eigenvalue weighted by Gasteiger charge is -2.16. The molecular formula is C12H15BrFNO. The van der Waals surface area contributed by atoms with Gasteiger partial charge < -0.3 is 10.4 Å². The van der Waals surface area contributed by atoms with Crippen molar-refractivity contribution in [3.05, 3.63) is 34.1 Å². The number of aliphatic hydroxyl groups is 1. The van der Waals surface area contributed by atoms with Crippen molar-refractivity contribution in [1.82, 2.24) is 5.32 Å². The fourth-order valence-electron chi connectivity index (χ4n) is 2.10. The third-order valence-electron chi connectivity index (χ3n) is 3.04. The highest BCUT2D eigenvalue weighted by molar-refractivity contribution is 9.10. The third-order valence-corrected chi connectivity index (χ3v) is 3.82. The van der Waals surface area contributed by atoms with Gasteiger partial charge in [-0.05, 0) is 43.0 Å². The quantitative estimate of drug-likeness (QED) is 0.896. The molecule has 0 bridgehead atoms. The first-order valence-corrected chi connectivity index (χ1v) is 6.31. The van der Waals surface area contributed by atoms with Crippen LogP contribution in [-0.2, 0) is 6.54 Å². The Labute approximate surface area is 103 Å². The summed E-state index contributed by atoms with van der Waals surface area (Å²) in [5.74, 6) is -0.230. The minimum Gasteiger partial charge on any atom is -0.392 e. The molecule has 0 saturated heterocycles. The highest BCUT2D eigenvalue weighted by atomic mass is 79.9. The third kappa shape index (κ3) is 2.81. The van der Waals surface area contributed by atoms with Crippen LogP contribution >= 0.6 is 15.9 Å². The van der Waals surface area contributed by atoms with Crippen LogP contribution < -0.4 is 5.32 Å². The minimum absolute atomic E-state index is 0.148. The van der Waals surface area contributed by atoms with E-state index in [4.69, 9.17) is 0 Å². The van der Waals surface area contributed by atoms with Gasteiger partial charge in [-0.1, -0.05) is 15.9 Å². The van der Waals surface area contributed by atoms with E-state index >= 15 is 0 Å². The van der Waals surface area contributed by atoms with Gasteiger partial charge in [0.2, 0.25) is 0 Å². The van der Waals surface area contributed by atoms with Gasteiger partial charge in [0.25, 0.3) is 0 Å². The van der Waals surface area contributed by atoms with Gasteiger partial charge in [-0.25, -0.2) is 4.39 Å². The first-order valence-electron chi connectivity index (χ1n) is 5.52. The number of aliphatic hydroxyl groups excluding tert-OH is 1. The van der Waals surface area contributed by atoms with E-state index in [9.17, 15) is 9.50 Å². The van der Waals surface area contributed by atoms with Crippen molar-refractivity contribution in [3.8, 4) is 0 Å². The number of nitrogens with one attached hydrogen (secondary N) is 1. The van der Waals surface area contributed by atoms with Gasteiger partial charge in [-0.3, -0.25) is 0 Å². The molecule has 1 fully saturated rings. The van der Waals surface area contributed by atoms with Crippen LogP contribution in [0.3, 0.4) is 0 Å². The summed E-state index contributed by atoms with van der Waals surface area (Å²) in [4.78, 5) is 0. The van der Waals surface area contributed by atoms with Crippen LogP contribution in [0.1, 0.15) is 24.8 Å². The van der Waals surface area contributed by atoms with Gasteiger partial charge in [0, 0.05) is 17.1 Å². The summed E-state index contributed by atoms with van der Waals surface area (Å²) in [7, 11) is 0. The number of rotatable bonds is 3. The van der Waals surface area contributed by atoms with Crippen LogP contribution in [0.4, 0.5) is 4.39 Å². The summed E-state index contributed by atoms with van der Waals surface area (Å²) in [5.41, 5.74) is 0.888. The first kappa shape index (κ1) is 12.0. The number of benzene rings is 1. The Bertz CT molecular complexity index is 372. The number of hydrogen-bond acceptors (Lipinski definition) is 2. The molecule has 88 valence electrons. The average molecular weight is 288 g/mol. The second-order valence-electron chi connectivity index (χ2n) is 4.22. The largest absolute Gasteiger partial charge is 0.392 e. The molecule has 4 heteroatoms. The van der Waals surface area contributed by atoms with E-state index in [1.165, 1.54) is 12.1 Å². The van der Waals surface area contributed by atoms with Crippen LogP contribution in [0.15, 0.2) is 22.7 Å². The van der Waals surface area contributed by atoms with Gasteiger partial charge in [-0.2, -0.15) is 0 Å². The lowest BCUT2D eigenvalue weighted by atomic mass is 10.1. The molecule has 1 aromatic rings. The number of hydrogen-bond donors (Lipinski definition) is 2. The summed E-state index contributed by atoms with van der Waals surface area (Å²) in [6.07, 6.45) is 2.66. The fourth-order valence-corrected chi connectivity index (χ4v) is 2.49. The normalized spacial score (nSPS) is 24.9. The van der Waals surface area contributed by atoms with Crippen LogP contribution in [-0.4, -0.2) is 17.3 Å². The van der Waals surface area contributed by atoms with Crippen molar-refractivity contribution in [3.63, 3.8) is 0 Å². The summed E-state index contributed by atoms with van der Waals surface area (Å²) in [6.45, 7) is 0.583. The van der Waals surface area contributed by atoms with Gasteiger partial charge in [-0.15, -0.1) is 0 Å². The van der Waals surface area contributed by atoms with E-state index in [1.54, 1.807) is 6.07 Å². The zero-order valence-corrected chi connectivity index (χ0v) is 10.5. The Balaban J connectivity index is 1.96. The molecule has 2 nitrogen and oxygen atoms in total. The van der Waals surface area contributed by atoms with Crippen molar-refractivity contribution in [2.45, 2.75) is 38.0 Å². The zero-order chi connectivity index (χ0) is 11.5. The fraction of sp³-hybridized carbons (Fsp3) is 0.500. The molecule has 0 radical (unpaired) electrons. The topological polar surface area (TPSA) is 32.3 Å². The van der Waals surface area contributed by atoms with Crippen LogP contribution in [0, 0.1) is 5.82 Å². The molecule has 0 aliphatic heterocycles. The van der Waals surface area contributed by atoms with Crippen LogP contribution in [0.2, 0.25) is 0 Å². The van der Waals surface area contributed by atoms with Crippen molar-refractivity contribution >= 4 is 15.9 Å². The molecule has 0 spiro atoms. The predicted octanol–water partition coefficient (Wildman–Crippen LogP) is 2.59. The standard InChI is InChI=1S/C12H15BrFNO/c13-10-5-4-9(14)6-8(10)7-15-11-2-1-3-12(11)16/h4-6,11-12,15-16H,1-3,7H2. The molecule has 1 saturated carbocycles. The summed E-state index contributed by atoms with van der Waals surface area (Å²) < 4.78 is 13.9. The van der Waals surface area contributed by atoms with Gasteiger partial charge in [0.05, 0.1) is 6.10 Å². The Morgan fingerprint density at radius 2 is 2.25 bits per heavy atom. The molecule has 0 amide bonds. The van der Waals surface area contributed by atoms with Crippen molar-refractivity contribution in [2.75, 3.05) is 0 Å². The second kappa shape index (κ2) is 5.25. The Kier molecular flexibility index (Phi) is 3.95. The Morgan fingerprint density at radius 1 is 1.44 bits per heavy atom. The van der Waals surface area contributed by atoms with Gasteiger partial charge in [0.1, 0.15) is 5.82 Å². The monoisotopic (exact) mass is 287 g/mol. The van der Waals surface area contributed by atoms with Gasteiger partial charge in [0.15, 0.2) is 0 Å². The molecule has 2 N–H and O–H groups in total. The smallest absolute Gasteiger partial charge is 0.123 e. The van der Waals surface area contributed by atoms with E-state index in [1.807, 2.05) is 0 Å². The molecule has 2 unspecified atom stereocenters. The molecule has 1 aromatic carbocycles. The molecule has 1 aliphatic carbocycles. The first-order chi connectivity index (χ1) is 7.66. The van der Waals surface area contributed by atoms with E-state index in [-0.39, 0.29) is 18.0 Å². The summed E-state index contributed by atoms with van der Waals surface area (Å²) in [6, 6.07) is 4.79. The number of halogens is 2. The Hall–Kier alpha value is -0.450. The van der Waals surface area contributed by atoms with Crippen molar-refractivity contribution in [1.29, 1.82) is 0 Å². The van der Waals surface area contributed by atoms with Crippen LogP contribution in [0.25, 0.3) is 0 Å². The van der Waals surface area contributed by atoms with E-state index in [0.29, 0.717) is 6.54 Å². The summed E-state index contributed by atoms with van der Waals surface area (Å²) >= 11 is 3.39. The lowest BCUT2D eigenvalue weighted by molar-refractivity contribution is 0.148. The molecular weight excluding hydrogens is 273 g/mol. The van der Waals surface area contributed by atoms with Crippen molar-refractivity contribution < 1.29 is 9.50 Å². The minimum atomic E-state index is -0.257. The molecule has 16 heavy (non-hydrogen) atoms. The molecule has 2 rings (SSSR count). The van der Waals surface area contributed by atoms with Crippen LogP contribution in [0.5, 0.6) is 0 Å². The van der Waals surface area contributed by atoms with E-state index < -0.39 is 0 Å². The van der Waals surface area contributed by atoms with E-state index in [0.717, 1.165) is 29.3 Å². The predicted molar refractivity (Wildman–Crippen MR) is 64.6 cm³/mol. The SMILES string of the molecule is OC1CCCC1NCc1cc(F)ccc1Br. The molecule has 0 heterocycles. The van der Waals surface area contributed by atoms with E-state index in [2.05, 4.69) is 21.2 Å². The second-order valence-corrected chi connectivity index (χ2v) is 5.08. The molecule has 2 atom stereocenters. The zero-order valence-electron chi connectivity index (χ0n) is 8.92. The Morgan fingerprint density at radius 3 is 2.94 bits per heavy atom. The molecule has 0 aromatic heterocycles. The van der Waals surface area contributed by atoms with Crippen molar-refractivity contribution in [2.24, 2.45) is 0 Å². The maximum atomic E-state index is 13.0. The summed E-state index contributed by atoms with van der Waals surface area (Å²) in [5, 5.41) is 12.9. The highest BCUT2D eigenvalue weighted by Gasteiger charge is 2.24. The average Bonchev–Trinajstić information content (AvgIpc) is 2.66. The maximum Gasteiger partial charge on any atom is 0.123 e. The maximum absolute atomic E-state index is 13.0. The van der Waals surface area contributed by atoms with Gasteiger partial charge >= 0.3 is 0 Å².